The molecule has 2 aliphatic rings. The predicted molar refractivity (Wildman–Crippen MR) is 129 cm³/mol. The van der Waals surface area contributed by atoms with Crippen LogP contribution in [-0.2, 0) is 19.1 Å². The molecule has 1 atom stereocenters. The van der Waals surface area contributed by atoms with Crippen LogP contribution in [0.15, 0.2) is 48.5 Å². The van der Waals surface area contributed by atoms with E-state index >= 15 is 0 Å². The van der Waals surface area contributed by atoms with Gasteiger partial charge in [0.05, 0.1) is 6.54 Å². The minimum Gasteiger partial charge on any atom is -0.480 e. The molecule has 0 saturated carbocycles. The Morgan fingerprint density at radius 1 is 1.00 bits per heavy atom. The number of nitrogens with zero attached hydrogens (tertiary/aromatic N) is 2. The monoisotopic (exact) mass is 481 g/mol. The van der Waals surface area contributed by atoms with Gasteiger partial charge < -0.3 is 24.8 Å². The molecule has 186 valence electrons. The number of aliphatic carboxylic acids is 1. The standard InChI is InChI=1S/C26H31N3O6/c1-34-15-10-23(25(32)29-13-11-28(12-14-29)16-24(30)31)27-26(33)35-17-22-20-8-4-2-6-18(20)19-7-3-5-9-21(19)22/h2-9,22-23H,10-17H2,1H3,(H,27,33)(H,30,31). The zero-order valence-electron chi connectivity index (χ0n) is 19.8. The van der Waals surface area contributed by atoms with Crippen molar-refractivity contribution in [3.63, 3.8) is 0 Å². The lowest BCUT2D eigenvalue weighted by Gasteiger charge is -2.35. The Balaban J connectivity index is 1.36. The van der Waals surface area contributed by atoms with E-state index in [0.717, 1.165) is 22.3 Å². The van der Waals surface area contributed by atoms with Gasteiger partial charge in [-0.1, -0.05) is 48.5 Å². The summed E-state index contributed by atoms with van der Waals surface area (Å²) in [6, 6.07) is 15.4. The van der Waals surface area contributed by atoms with E-state index in [4.69, 9.17) is 14.6 Å². The number of alkyl carbamates (subject to hydrolysis) is 1. The number of carbonyl (C=O) groups is 3. The summed E-state index contributed by atoms with van der Waals surface area (Å²) in [6.07, 6.45) is -0.333. The van der Waals surface area contributed by atoms with Crippen LogP contribution in [0.4, 0.5) is 4.79 Å². The smallest absolute Gasteiger partial charge is 0.407 e. The van der Waals surface area contributed by atoms with E-state index < -0.39 is 18.1 Å². The van der Waals surface area contributed by atoms with Gasteiger partial charge in [-0.05, 0) is 22.3 Å². The lowest BCUT2D eigenvalue weighted by Crippen LogP contribution is -2.55. The normalized spacial score (nSPS) is 16.3. The van der Waals surface area contributed by atoms with Gasteiger partial charge in [0.2, 0.25) is 5.91 Å². The summed E-state index contributed by atoms with van der Waals surface area (Å²) < 4.78 is 10.7. The third kappa shape index (κ3) is 5.80. The van der Waals surface area contributed by atoms with E-state index in [1.54, 1.807) is 16.9 Å². The Hall–Kier alpha value is -3.43. The zero-order valence-corrected chi connectivity index (χ0v) is 19.8. The number of piperazine rings is 1. The van der Waals surface area contributed by atoms with Crippen molar-refractivity contribution in [2.45, 2.75) is 18.4 Å². The number of carbonyl (C=O) groups excluding carboxylic acids is 2. The number of rotatable bonds is 9. The van der Waals surface area contributed by atoms with Gasteiger partial charge in [-0.3, -0.25) is 14.5 Å². The van der Waals surface area contributed by atoms with Crippen LogP contribution < -0.4 is 5.32 Å². The first kappa shape index (κ1) is 24.7. The summed E-state index contributed by atoms with van der Waals surface area (Å²) in [6.45, 7) is 2.18. The van der Waals surface area contributed by atoms with Gasteiger partial charge in [-0.15, -0.1) is 0 Å². The molecule has 0 radical (unpaired) electrons. The van der Waals surface area contributed by atoms with E-state index in [0.29, 0.717) is 39.2 Å². The van der Waals surface area contributed by atoms with Crippen molar-refractivity contribution < 1.29 is 29.0 Å². The van der Waals surface area contributed by atoms with E-state index in [1.165, 1.54) is 0 Å². The number of hydrogen-bond acceptors (Lipinski definition) is 6. The van der Waals surface area contributed by atoms with Crippen molar-refractivity contribution in [1.29, 1.82) is 0 Å². The molecule has 35 heavy (non-hydrogen) atoms. The summed E-state index contributed by atoms with van der Waals surface area (Å²) in [5, 5.41) is 11.7. The topological polar surface area (TPSA) is 108 Å². The SMILES string of the molecule is COCCC(NC(=O)OCC1c2ccccc2-c2ccccc21)C(=O)N1CCN(CC(=O)O)CC1. The lowest BCUT2D eigenvalue weighted by molar-refractivity contribution is -0.140. The molecular weight excluding hydrogens is 450 g/mol. The third-order valence-electron chi connectivity index (χ3n) is 6.59. The molecule has 1 fully saturated rings. The second-order valence-electron chi connectivity index (χ2n) is 8.80. The van der Waals surface area contributed by atoms with Crippen molar-refractivity contribution in [1.82, 2.24) is 15.1 Å². The van der Waals surface area contributed by atoms with E-state index in [9.17, 15) is 14.4 Å². The summed E-state index contributed by atoms with van der Waals surface area (Å²) >= 11 is 0. The molecule has 0 aromatic heterocycles. The van der Waals surface area contributed by atoms with Crippen molar-refractivity contribution in [3.05, 3.63) is 59.7 Å². The van der Waals surface area contributed by atoms with Gasteiger partial charge in [0.25, 0.3) is 0 Å². The van der Waals surface area contributed by atoms with Gasteiger partial charge in [0, 0.05) is 52.2 Å². The van der Waals surface area contributed by atoms with Gasteiger partial charge in [0.1, 0.15) is 12.6 Å². The van der Waals surface area contributed by atoms with Crippen LogP contribution in [0.5, 0.6) is 0 Å². The minimum absolute atomic E-state index is 0.0485. The molecule has 2 N–H and O–H groups in total. The fourth-order valence-electron chi connectivity index (χ4n) is 4.81. The van der Waals surface area contributed by atoms with Crippen LogP contribution in [0.1, 0.15) is 23.5 Å². The number of carboxylic acid groups (broad SMARTS) is 1. The first-order chi connectivity index (χ1) is 17.0. The number of nitrogens with one attached hydrogen (secondary N) is 1. The maximum atomic E-state index is 13.1. The molecule has 2 amide bonds. The summed E-state index contributed by atoms with van der Waals surface area (Å²) in [7, 11) is 1.54. The van der Waals surface area contributed by atoms with Crippen LogP contribution in [0, 0.1) is 0 Å². The molecule has 0 bridgehead atoms. The number of amides is 2. The number of ether oxygens (including phenoxy) is 2. The summed E-state index contributed by atoms with van der Waals surface area (Å²) in [4.78, 5) is 40.2. The quantitative estimate of drug-likeness (QED) is 0.565. The average Bonchev–Trinajstić information content (AvgIpc) is 3.18. The molecular formula is C26H31N3O6. The molecule has 1 saturated heterocycles. The van der Waals surface area contributed by atoms with Gasteiger partial charge in [-0.25, -0.2) is 4.79 Å². The van der Waals surface area contributed by atoms with Crippen LogP contribution in [0.25, 0.3) is 11.1 Å². The van der Waals surface area contributed by atoms with Crippen molar-refractivity contribution in [2.75, 3.05) is 53.0 Å². The largest absolute Gasteiger partial charge is 0.480 e. The van der Waals surface area contributed by atoms with Crippen LogP contribution in [-0.4, -0.2) is 92.0 Å². The van der Waals surface area contributed by atoms with Crippen molar-refractivity contribution >= 4 is 18.0 Å². The first-order valence-electron chi connectivity index (χ1n) is 11.8. The highest BCUT2D eigenvalue weighted by Crippen LogP contribution is 2.44. The molecule has 1 unspecified atom stereocenters. The van der Waals surface area contributed by atoms with Crippen LogP contribution >= 0.6 is 0 Å². The molecule has 2 aromatic carbocycles. The number of hydrogen-bond donors (Lipinski definition) is 2. The molecule has 2 aromatic rings. The molecule has 1 aliphatic heterocycles. The Morgan fingerprint density at radius 3 is 2.17 bits per heavy atom. The molecule has 9 nitrogen and oxygen atoms in total. The Bertz CT molecular complexity index is 1020. The highest BCUT2D eigenvalue weighted by Gasteiger charge is 2.31. The molecule has 0 spiro atoms. The predicted octanol–water partition coefficient (Wildman–Crippen LogP) is 2.16. The average molecular weight is 482 g/mol. The minimum atomic E-state index is -0.889. The first-order valence-corrected chi connectivity index (χ1v) is 11.8. The fourth-order valence-corrected chi connectivity index (χ4v) is 4.81. The zero-order chi connectivity index (χ0) is 24.8. The van der Waals surface area contributed by atoms with Crippen molar-refractivity contribution in [3.8, 4) is 11.1 Å². The Labute approximate surface area is 204 Å². The maximum Gasteiger partial charge on any atom is 0.407 e. The third-order valence-corrected chi connectivity index (χ3v) is 6.59. The lowest BCUT2D eigenvalue weighted by atomic mass is 9.98. The number of benzene rings is 2. The van der Waals surface area contributed by atoms with E-state index in [-0.39, 0.29) is 25.0 Å². The summed E-state index contributed by atoms with van der Waals surface area (Å²) in [5.41, 5.74) is 4.53. The second kappa shape index (κ2) is 11.3. The summed E-state index contributed by atoms with van der Waals surface area (Å²) in [5.74, 6) is -1.17. The van der Waals surface area contributed by atoms with Crippen molar-refractivity contribution in [2.24, 2.45) is 0 Å². The van der Waals surface area contributed by atoms with Gasteiger partial charge >= 0.3 is 12.1 Å². The molecule has 9 heteroatoms. The highest BCUT2D eigenvalue weighted by atomic mass is 16.5. The fraction of sp³-hybridized carbons (Fsp3) is 0.423. The second-order valence-corrected chi connectivity index (χ2v) is 8.80. The maximum absolute atomic E-state index is 13.1. The van der Waals surface area contributed by atoms with E-state index in [2.05, 4.69) is 29.6 Å². The number of fused-ring (bicyclic) bond motifs is 3. The van der Waals surface area contributed by atoms with Gasteiger partial charge in [-0.2, -0.15) is 0 Å². The van der Waals surface area contributed by atoms with Gasteiger partial charge in [0.15, 0.2) is 0 Å². The molecule has 4 rings (SSSR count). The van der Waals surface area contributed by atoms with E-state index in [1.807, 2.05) is 24.3 Å². The Kier molecular flexibility index (Phi) is 7.99. The molecule has 1 heterocycles. The van der Waals surface area contributed by atoms with Crippen LogP contribution in [0.3, 0.4) is 0 Å². The van der Waals surface area contributed by atoms with Crippen LogP contribution in [0.2, 0.25) is 0 Å². The Morgan fingerprint density at radius 2 is 1.60 bits per heavy atom. The highest BCUT2D eigenvalue weighted by molar-refractivity contribution is 5.86. The molecule has 1 aliphatic carbocycles. The number of methoxy groups -OCH3 is 1. The number of carboxylic acids is 1.